The summed E-state index contributed by atoms with van der Waals surface area (Å²) in [7, 11) is 0. The van der Waals surface area contributed by atoms with Crippen molar-refractivity contribution >= 4 is 11.6 Å². The van der Waals surface area contributed by atoms with Crippen LogP contribution in [0.4, 0.5) is 0 Å². The Balaban J connectivity index is 1.76. The minimum Gasteiger partial charge on any atom is -0.388 e. The van der Waals surface area contributed by atoms with Crippen molar-refractivity contribution in [2.45, 2.75) is 43.8 Å². The van der Waals surface area contributed by atoms with Crippen LogP contribution in [-0.2, 0) is 4.74 Å². The smallest absolute Gasteiger partial charge is 0.0834 e. The third-order valence-corrected chi connectivity index (χ3v) is 4.81. The van der Waals surface area contributed by atoms with Crippen LogP contribution < -0.4 is 0 Å². The van der Waals surface area contributed by atoms with Gasteiger partial charge in [-0.25, -0.2) is 0 Å². The molecule has 2 nitrogen and oxygen atoms in total. The molecule has 1 heterocycles. The lowest BCUT2D eigenvalue weighted by Gasteiger charge is -2.48. The molecule has 3 heteroatoms. The van der Waals surface area contributed by atoms with Crippen LogP contribution >= 0.6 is 11.6 Å². The molecular weight excluding hydrogens is 248 g/mol. The molecule has 3 rings (SSSR count). The fourth-order valence-electron chi connectivity index (χ4n) is 3.22. The predicted octanol–water partition coefficient (Wildman–Crippen LogP) is 3.72. The highest BCUT2D eigenvalue weighted by Gasteiger charge is 2.44. The highest BCUT2D eigenvalue weighted by molar-refractivity contribution is 6.31. The Kier molecular flexibility index (Phi) is 3.35. The second-order valence-corrected chi connectivity index (χ2v) is 6.01. The molecule has 2 aliphatic rings. The molecular formula is C15H19ClO2. The lowest BCUT2D eigenvalue weighted by Crippen LogP contribution is -2.46. The normalized spacial score (nSPS) is 27.8. The molecule has 0 amide bonds. The molecule has 98 valence electrons. The van der Waals surface area contributed by atoms with Crippen molar-refractivity contribution in [3.05, 3.63) is 34.9 Å². The summed E-state index contributed by atoms with van der Waals surface area (Å²) < 4.78 is 5.90. The van der Waals surface area contributed by atoms with Crippen LogP contribution in [0, 0.1) is 5.92 Å². The first-order valence-corrected chi connectivity index (χ1v) is 7.14. The third kappa shape index (κ3) is 2.18. The van der Waals surface area contributed by atoms with E-state index in [1.165, 1.54) is 6.42 Å². The Hall–Kier alpha value is -0.570. The highest BCUT2D eigenvalue weighted by atomic mass is 35.5. The summed E-state index contributed by atoms with van der Waals surface area (Å²) in [5.74, 6) is 0.277. The maximum Gasteiger partial charge on any atom is 0.0834 e. The molecule has 2 unspecified atom stereocenters. The van der Waals surface area contributed by atoms with Gasteiger partial charge < -0.3 is 9.84 Å². The fraction of sp³-hybridized carbons (Fsp3) is 0.600. The average molecular weight is 267 g/mol. The summed E-state index contributed by atoms with van der Waals surface area (Å²) in [4.78, 5) is 0. The second-order valence-electron chi connectivity index (χ2n) is 5.60. The van der Waals surface area contributed by atoms with E-state index in [0.717, 1.165) is 37.9 Å². The van der Waals surface area contributed by atoms with E-state index < -0.39 is 6.10 Å². The summed E-state index contributed by atoms with van der Waals surface area (Å²) in [6, 6.07) is 7.60. The van der Waals surface area contributed by atoms with Gasteiger partial charge in [0.05, 0.1) is 11.7 Å². The van der Waals surface area contributed by atoms with E-state index in [4.69, 9.17) is 16.3 Å². The van der Waals surface area contributed by atoms with Crippen molar-refractivity contribution in [3.8, 4) is 0 Å². The molecule has 1 saturated carbocycles. The molecule has 0 bridgehead atoms. The number of aliphatic hydroxyl groups excluding tert-OH is 1. The van der Waals surface area contributed by atoms with Crippen LogP contribution in [0.15, 0.2) is 24.3 Å². The van der Waals surface area contributed by atoms with Crippen LogP contribution in [0.3, 0.4) is 0 Å². The summed E-state index contributed by atoms with van der Waals surface area (Å²) in [6.45, 7) is 0.770. The monoisotopic (exact) mass is 266 g/mol. The third-order valence-electron chi connectivity index (χ3n) is 4.47. The average Bonchev–Trinajstić information content (AvgIpc) is 2.37. The first-order chi connectivity index (χ1) is 8.70. The molecule has 1 aromatic carbocycles. The van der Waals surface area contributed by atoms with Crippen LogP contribution in [0.1, 0.15) is 43.8 Å². The van der Waals surface area contributed by atoms with Crippen molar-refractivity contribution in [2.24, 2.45) is 5.92 Å². The van der Waals surface area contributed by atoms with Gasteiger partial charge in [0, 0.05) is 11.6 Å². The van der Waals surface area contributed by atoms with Crippen molar-refractivity contribution in [1.82, 2.24) is 0 Å². The molecule has 1 N–H and O–H groups in total. The van der Waals surface area contributed by atoms with Gasteiger partial charge in [-0.1, -0.05) is 29.8 Å². The van der Waals surface area contributed by atoms with Crippen molar-refractivity contribution < 1.29 is 9.84 Å². The maximum atomic E-state index is 10.5. The Labute approximate surface area is 113 Å². The van der Waals surface area contributed by atoms with Crippen molar-refractivity contribution in [1.29, 1.82) is 0 Å². The molecule has 1 saturated heterocycles. The summed E-state index contributed by atoms with van der Waals surface area (Å²) in [5, 5.41) is 11.2. The minimum absolute atomic E-state index is 0.0746. The number of hydrogen-bond donors (Lipinski definition) is 1. The number of halogens is 1. The summed E-state index contributed by atoms with van der Waals surface area (Å²) in [6.07, 6.45) is 5.00. The molecule has 1 aromatic rings. The quantitative estimate of drug-likeness (QED) is 0.884. The zero-order chi connectivity index (χ0) is 12.6. The van der Waals surface area contributed by atoms with Crippen LogP contribution in [0.25, 0.3) is 0 Å². The second kappa shape index (κ2) is 4.84. The Morgan fingerprint density at radius 3 is 2.78 bits per heavy atom. The molecule has 1 spiro atoms. The van der Waals surface area contributed by atoms with E-state index in [1.807, 2.05) is 24.3 Å². The topological polar surface area (TPSA) is 29.5 Å². The largest absolute Gasteiger partial charge is 0.388 e. The Morgan fingerprint density at radius 2 is 2.11 bits per heavy atom. The molecule has 2 atom stereocenters. The number of aliphatic hydroxyl groups is 1. The molecule has 0 radical (unpaired) electrons. The number of rotatable bonds is 2. The number of benzene rings is 1. The van der Waals surface area contributed by atoms with Gasteiger partial charge in [0.1, 0.15) is 0 Å². The Bertz CT molecular complexity index is 428. The molecule has 2 fully saturated rings. The minimum atomic E-state index is -0.458. The van der Waals surface area contributed by atoms with Crippen LogP contribution in [0.2, 0.25) is 5.02 Å². The van der Waals surface area contributed by atoms with Crippen molar-refractivity contribution in [3.63, 3.8) is 0 Å². The van der Waals surface area contributed by atoms with Gasteiger partial charge >= 0.3 is 0 Å². The highest BCUT2D eigenvalue weighted by Crippen LogP contribution is 2.47. The zero-order valence-electron chi connectivity index (χ0n) is 10.4. The first kappa shape index (κ1) is 12.5. The van der Waals surface area contributed by atoms with Gasteiger partial charge in [-0.05, 0) is 49.7 Å². The van der Waals surface area contributed by atoms with E-state index in [9.17, 15) is 5.11 Å². The van der Waals surface area contributed by atoms with Gasteiger partial charge in [-0.15, -0.1) is 0 Å². The van der Waals surface area contributed by atoms with Crippen LogP contribution in [-0.4, -0.2) is 17.3 Å². The standard InChI is InChI=1S/C15H19ClO2/c16-13-5-2-1-4-12(13)14(17)11-6-9-18-15(10-11)7-3-8-15/h1-2,4-5,11,14,17H,3,6-10H2. The predicted molar refractivity (Wildman–Crippen MR) is 71.7 cm³/mol. The summed E-state index contributed by atoms with van der Waals surface area (Å²) >= 11 is 6.17. The Morgan fingerprint density at radius 1 is 1.33 bits per heavy atom. The van der Waals surface area contributed by atoms with Gasteiger partial charge in [0.2, 0.25) is 0 Å². The summed E-state index contributed by atoms with van der Waals surface area (Å²) in [5.41, 5.74) is 0.936. The van der Waals surface area contributed by atoms with E-state index in [2.05, 4.69) is 0 Å². The lowest BCUT2D eigenvalue weighted by molar-refractivity contribution is -0.157. The number of hydrogen-bond acceptors (Lipinski definition) is 2. The molecule has 0 aromatic heterocycles. The number of ether oxygens (including phenoxy) is 1. The van der Waals surface area contributed by atoms with E-state index in [1.54, 1.807) is 0 Å². The van der Waals surface area contributed by atoms with Gasteiger partial charge in [-0.2, -0.15) is 0 Å². The van der Waals surface area contributed by atoms with E-state index in [0.29, 0.717) is 5.02 Å². The van der Waals surface area contributed by atoms with E-state index >= 15 is 0 Å². The van der Waals surface area contributed by atoms with Crippen molar-refractivity contribution in [2.75, 3.05) is 6.61 Å². The molecule has 1 aliphatic carbocycles. The zero-order valence-corrected chi connectivity index (χ0v) is 11.2. The fourth-order valence-corrected chi connectivity index (χ4v) is 3.47. The van der Waals surface area contributed by atoms with Gasteiger partial charge in [0.15, 0.2) is 0 Å². The maximum absolute atomic E-state index is 10.5. The first-order valence-electron chi connectivity index (χ1n) is 6.77. The van der Waals surface area contributed by atoms with E-state index in [-0.39, 0.29) is 11.5 Å². The van der Waals surface area contributed by atoms with Crippen LogP contribution in [0.5, 0.6) is 0 Å². The SMILES string of the molecule is OC(c1ccccc1Cl)C1CCOC2(CCC2)C1. The molecule has 1 aliphatic heterocycles. The molecule has 18 heavy (non-hydrogen) atoms. The van der Waals surface area contributed by atoms with Gasteiger partial charge in [-0.3, -0.25) is 0 Å². The van der Waals surface area contributed by atoms with Gasteiger partial charge in [0.25, 0.3) is 0 Å². The lowest BCUT2D eigenvalue weighted by atomic mass is 9.70.